The van der Waals surface area contributed by atoms with Gasteiger partial charge in [-0.3, -0.25) is 4.90 Å². The third-order valence-corrected chi connectivity index (χ3v) is 3.81. The Bertz CT molecular complexity index is 381. The Morgan fingerprint density at radius 3 is 2.44 bits per heavy atom. The molecule has 0 aromatic heterocycles. The summed E-state index contributed by atoms with van der Waals surface area (Å²) in [7, 11) is 0. The maximum absolute atomic E-state index is 5.91. The van der Waals surface area contributed by atoms with Crippen LogP contribution in [0.15, 0.2) is 24.3 Å². The molecule has 1 aliphatic carbocycles. The van der Waals surface area contributed by atoms with Gasteiger partial charge < -0.3 is 15.2 Å². The van der Waals surface area contributed by atoms with Gasteiger partial charge in [-0.1, -0.05) is 0 Å². The lowest BCUT2D eigenvalue weighted by Crippen LogP contribution is -2.52. The molecular formula is C14H20N2O2. The minimum Gasteiger partial charge on any atom is -0.490 e. The van der Waals surface area contributed by atoms with Crippen LogP contribution in [0.5, 0.6) is 5.75 Å². The lowest BCUT2D eigenvalue weighted by Gasteiger charge is -2.44. The molecule has 98 valence electrons. The minimum atomic E-state index is 0.362. The number of nitrogen functional groups attached to an aromatic ring is 1. The summed E-state index contributed by atoms with van der Waals surface area (Å²) in [6.45, 7) is 3.89. The summed E-state index contributed by atoms with van der Waals surface area (Å²) in [4.78, 5) is 2.52. The van der Waals surface area contributed by atoms with E-state index in [0.29, 0.717) is 12.1 Å². The first-order valence-corrected chi connectivity index (χ1v) is 6.65. The summed E-state index contributed by atoms with van der Waals surface area (Å²) in [6, 6.07) is 8.34. The summed E-state index contributed by atoms with van der Waals surface area (Å²) < 4.78 is 11.3. The molecule has 4 heteroatoms. The maximum Gasteiger partial charge on any atom is 0.119 e. The number of anilines is 1. The van der Waals surface area contributed by atoms with Crippen molar-refractivity contribution in [3.63, 3.8) is 0 Å². The molecular weight excluding hydrogens is 228 g/mol. The van der Waals surface area contributed by atoms with Gasteiger partial charge in [0.05, 0.1) is 13.2 Å². The standard InChI is InChI=1S/C14H20N2O2/c15-11-1-3-13(4-2-11)18-14-9-12(10-14)16-5-7-17-8-6-16/h1-4,12,14H,5-10,15H2. The van der Waals surface area contributed by atoms with Gasteiger partial charge in [0, 0.05) is 37.7 Å². The van der Waals surface area contributed by atoms with Crippen molar-refractivity contribution in [3.8, 4) is 5.75 Å². The fourth-order valence-electron chi connectivity index (χ4n) is 2.61. The van der Waals surface area contributed by atoms with Gasteiger partial charge in [-0.15, -0.1) is 0 Å². The zero-order chi connectivity index (χ0) is 12.4. The Morgan fingerprint density at radius 2 is 1.78 bits per heavy atom. The van der Waals surface area contributed by atoms with E-state index in [9.17, 15) is 0 Å². The lowest BCUT2D eigenvalue weighted by molar-refractivity contribution is -0.0373. The van der Waals surface area contributed by atoms with Crippen LogP contribution in [0, 0.1) is 0 Å². The monoisotopic (exact) mass is 248 g/mol. The largest absolute Gasteiger partial charge is 0.490 e. The first-order valence-electron chi connectivity index (χ1n) is 6.65. The number of nitrogens with zero attached hydrogens (tertiary/aromatic N) is 1. The van der Waals surface area contributed by atoms with Gasteiger partial charge in [0.15, 0.2) is 0 Å². The highest BCUT2D eigenvalue weighted by Gasteiger charge is 2.35. The van der Waals surface area contributed by atoms with Crippen molar-refractivity contribution in [1.82, 2.24) is 4.90 Å². The highest BCUT2D eigenvalue weighted by molar-refractivity contribution is 5.41. The number of hydrogen-bond donors (Lipinski definition) is 1. The van der Waals surface area contributed by atoms with Crippen LogP contribution in [-0.2, 0) is 4.74 Å². The third-order valence-electron chi connectivity index (χ3n) is 3.81. The van der Waals surface area contributed by atoms with Gasteiger partial charge in [0.25, 0.3) is 0 Å². The zero-order valence-electron chi connectivity index (χ0n) is 10.5. The second-order valence-corrected chi connectivity index (χ2v) is 5.08. The van der Waals surface area contributed by atoms with Gasteiger partial charge in [-0.05, 0) is 24.3 Å². The summed E-state index contributed by atoms with van der Waals surface area (Å²) in [5.74, 6) is 0.926. The van der Waals surface area contributed by atoms with E-state index in [2.05, 4.69) is 4.90 Å². The Labute approximate surface area is 108 Å². The smallest absolute Gasteiger partial charge is 0.119 e. The normalized spacial score (nSPS) is 28.7. The van der Waals surface area contributed by atoms with Crippen LogP contribution in [0.4, 0.5) is 5.69 Å². The van der Waals surface area contributed by atoms with Gasteiger partial charge in [-0.2, -0.15) is 0 Å². The van der Waals surface area contributed by atoms with Crippen molar-refractivity contribution in [2.24, 2.45) is 0 Å². The maximum atomic E-state index is 5.91. The molecule has 1 saturated carbocycles. The average molecular weight is 248 g/mol. The molecule has 1 aliphatic heterocycles. The molecule has 1 aromatic rings. The quantitative estimate of drug-likeness (QED) is 0.824. The molecule has 0 bridgehead atoms. The number of nitrogens with two attached hydrogens (primary N) is 1. The lowest BCUT2D eigenvalue weighted by atomic mass is 9.87. The van der Waals surface area contributed by atoms with E-state index in [1.54, 1.807) is 0 Å². The highest BCUT2D eigenvalue weighted by Crippen LogP contribution is 2.30. The van der Waals surface area contributed by atoms with Crippen LogP contribution in [-0.4, -0.2) is 43.3 Å². The third kappa shape index (κ3) is 2.60. The zero-order valence-corrected chi connectivity index (χ0v) is 10.5. The van der Waals surface area contributed by atoms with Crippen LogP contribution >= 0.6 is 0 Å². The number of benzene rings is 1. The summed E-state index contributed by atoms with van der Waals surface area (Å²) in [6.07, 6.45) is 2.62. The second kappa shape index (κ2) is 5.16. The van der Waals surface area contributed by atoms with Crippen LogP contribution in [0.2, 0.25) is 0 Å². The topological polar surface area (TPSA) is 47.7 Å². The first-order chi connectivity index (χ1) is 8.81. The molecule has 0 unspecified atom stereocenters. The molecule has 0 radical (unpaired) electrons. The van der Waals surface area contributed by atoms with E-state index < -0.39 is 0 Å². The fourth-order valence-corrected chi connectivity index (χ4v) is 2.61. The number of ether oxygens (including phenoxy) is 2. The summed E-state index contributed by atoms with van der Waals surface area (Å²) in [5, 5.41) is 0. The van der Waals surface area contributed by atoms with Crippen molar-refractivity contribution in [2.45, 2.75) is 25.0 Å². The van der Waals surface area contributed by atoms with Crippen LogP contribution in [0.25, 0.3) is 0 Å². The van der Waals surface area contributed by atoms with Crippen LogP contribution < -0.4 is 10.5 Å². The fraction of sp³-hybridized carbons (Fsp3) is 0.571. The number of hydrogen-bond acceptors (Lipinski definition) is 4. The van der Waals surface area contributed by atoms with Crippen molar-refractivity contribution in [3.05, 3.63) is 24.3 Å². The van der Waals surface area contributed by atoms with Crippen LogP contribution in [0.3, 0.4) is 0 Å². The van der Waals surface area contributed by atoms with Crippen molar-refractivity contribution in [1.29, 1.82) is 0 Å². The highest BCUT2D eigenvalue weighted by atomic mass is 16.5. The Kier molecular flexibility index (Phi) is 3.39. The van der Waals surface area contributed by atoms with Gasteiger partial charge in [0.2, 0.25) is 0 Å². The molecule has 1 aromatic carbocycles. The van der Waals surface area contributed by atoms with Crippen LogP contribution in [0.1, 0.15) is 12.8 Å². The van der Waals surface area contributed by atoms with E-state index in [1.807, 2.05) is 24.3 Å². The molecule has 0 amide bonds. The summed E-state index contributed by atoms with van der Waals surface area (Å²) >= 11 is 0. The molecule has 1 heterocycles. The molecule has 4 nitrogen and oxygen atoms in total. The Hall–Kier alpha value is -1.26. The van der Waals surface area contributed by atoms with Gasteiger partial charge >= 0.3 is 0 Å². The molecule has 2 aliphatic rings. The molecule has 1 saturated heterocycles. The first kappa shape index (κ1) is 11.8. The number of rotatable bonds is 3. The predicted octanol–water partition coefficient (Wildman–Crippen LogP) is 1.51. The molecule has 2 N–H and O–H groups in total. The average Bonchev–Trinajstić information content (AvgIpc) is 2.36. The van der Waals surface area contributed by atoms with E-state index >= 15 is 0 Å². The molecule has 2 fully saturated rings. The summed E-state index contributed by atoms with van der Waals surface area (Å²) in [5.41, 5.74) is 6.43. The SMILES string of the molecule is Nc1ccc(OC2CC(N3CCOCC3)C2)cc1. The number of morpholine rings is 1. The Balaban J connectivity index is 1.46. The molecule has 18 heavy (non-hydrogen) atoms. The van der Waals surface area contributed by atoms with Crippen molar-refractivity contribution >= 4 is 5.69 Å². The van der Waals surface area contributed by atoms with E-state index in [-0.39, 0.29) is 0 Å². The van der Waals surface area contributed by atoms with E-state index in [0.717, 1.165) is 50.6 Å². The second-order valence-electron chi connectivity index (χ2n) is 5.08. The van der Waals surface area contributed by atoms with E-state index in [1.165, 1.54) is 0 Å². The molecule has 3 rings (SSSR count). The molecule has 0 spiro atoms. The van der Waals surface area contributed by atoms with Crippen molar-refractivity contribution < 1.29 is 9.47 Å². The Morgan fingerprint density at radius 1 is 1.11 bits per heavy atom. The minimum absolute atomic E-state index is 0.362. The molecule has 0 atom stereocenters. The predicted molar refractivity (Wildman–Crippen MR) is 70.7 cm³/mol. The van der Waals surface area contributed by atoms with E-state index in [4.69, 9.17) is 15.2 Å². The van der Waals surface area contributed by atoms with Crippen molar-refractivity contribution in [2.75, 3.05) is 32.0 Å². The van der Waals surface area contributed by atoms with Gasteiger partial charge in [0.1, 0.15) is 11.9 Å². The van der Waals surface area contributed by atoms with Gasteiger partial charge in [-0.25, -0.2) is 0 Å².